The lowest BCUT2D eigenvalue weighted by molar-refractivity contribution is -0.129. The van der Waals surface area contributed by atoms with Crippen molar-refractivity contribution in [3.05, 3.63) is 16.3 Å². The number of hydrogen-bond donors (Lipinski definition) is 0. The van der Waals surface area contributed by atoms with Gasteiger partial charge >= 0.3 is 0 Å². The van der Waals surface area contributed by atoms with Gasteiger partial charge < -0.3 is 4.90 Å². The Labute approximate surface area is 170 Å². The molecule has 1 fully saturated rings. The van der Waals surface area contributed by atoms with Gasteiger partial charge in [0.25, 0.3) is 0 Å². The predicted octanol–water partition coefficient (Wildman–Crippen LogP) is 5.04. The van der Waals surface area contributed by atoms with Crippen LogP contribution in [-0.4, -0.2) is 39.6 Å². The fraction of sp³-hybridized carbons (Fsp3) is 0.667. The zero-order valence-electron chi connectivity index (χ0n) is 16.6. The molecule has 0 spiro atoms. The Bertz CT molecular complexity index is 838. The minimum Gasteiger partial charge on any atom is -0.342 e. The number of carbonyl (C=O) groups excluding carboxylic acids is 1. The second kappa shape index (κ2) is 8.08. The molecule has 2 aromatic rings. The van der Waals surface area contributed by atoms with Gasteiger partial charge in [-0.2, -0.15) is 0 Å². The lowest BCUT2D eigenvalue weighted by Gasteiger charge is -2.30. The highest BCUT2D eigenvalue weighted by Gasteiger charge is 2.24. The van der Waals surface area contributed by atoms with Crippen LogP contribution < -0.4 is 0 Å². The van der Waals surface area contributed by atoms with E-state index in [9.17, 15) is 4.79 Å². The third-order valence-corrected chi connectivity index (χ3v) is 7.93. The molecule has 27 heavy (non-hydrogen) atoms. The zero-order valence-corrected chi connectivity index (χ0v) is 18.2. The van der Waals surface area contributed by atoms with Crippen LogP contribution in [0, 0.1) is 5.92 Å². The normalized spacial score (nSPS) is 18.3. The molecule has 4 nitrogen and oxygen atoms in total. The van der Waals surface area contributed by atoms with Gasteiger partial charge in [-0.1, -0.05) is 32.5 Å². The number of thioether (sulfide) groups is 1. The fourth-order valence-corrected chi connectivity index (χ4v) is 6.28. The smallest absolute Gasteiger partial charge is 0.232 e. The first-order valence-corrected chi connectivity index (χ1v) is 12.1. The van der Waals surface area contributed by atoms with Gasteiger partial charge in [0.1, 0.15) is 15.7 Å². The van der Waals surface area contributed by atoms with Crippen molar-refractivity contribution in [1.29, 1.82) is 0 Å². The lowest BCUT2D eigenvalue weighted by atomic mass is 9.97. The van der Waals surface area contributed by atoms with Gasteiger partial charge in [0.2, 0.25) is 5.91 Å². The predicted molar refractivity (Wildman–Crippen MR) is 114 cm³/mol. The second-order valence-corrected chi connectivity index (χ2v) is 10.3. The van der Waals surface area contributed by atoms with E-state index in [2.05, 4.69) is 20.8 Å². The minimum atomic E-state index is 0.258. The number of carbonyl (C=O) groups is 1. The molecule has 2 aliphatic rings. The summed E-state index contributed by atoms with van der Waals surface area (Å²) in [5.41, 5.74) is 1.46. The third kappa shape index (κ3) is 4.02. The van der Waals surface area contributed by atoms with Crippen LogP contribution in [0.2, 0.25) is 0 Å². The van der Waals surface area contributed by atoms with Crippen LogP contribution in [0.3, 0.4) is 0 Å². The van der Waals surface area contributed by atoms with Crippen molar-refractivity contribution in [2.75, 3.05) is 18.8 Å². The molecule has 1 aliphatic carbocycles. The molecule has 3 heterocycles. The van der Waals surface area contributed by atoms with Crippen molar-refractivity contribution < 1.29 is 4.79 Å². The van der Waals surface area contributed by atoms with Crippen LogP contribution in [0.4, 0.5) is 0 Å². The highest BCUT2D eigenvalue weighted by atomic mass is 32.2. The van der Waals surface area contributed by atoms with Gasteiger partial charge in [-0.15, -0.1) is 11.3 Å². The number of aryl methyl sites for hydroxylation is 2. The molecule has 0 N–H and O–H groups in total. The lowest BCUT2D eigenvalue weighted by Crippen LogP contribution is -2.38. The van der Waals surface area contributed by atoms with Crippen molar-refractivity contribution in [1.82, 2.24) is 14.9 Å². The number of rotatable bonds is 4. The summed E-state index contributed by atoms with van der Waals surface area (Å²) in [5, 5.41) is 2.27. The molecule has 4 rings (SSSR count). The van der Waals surface area contributed by atoms with Crippen LogP contribution in [-0.2, 0) is 17.6 Å². The van der Waals surface area contributed by atoms with Gasteiger partial charge in [0, 0.05) is 29.3 Å². The molecule has 0 aromatic carbocycles. The molecule has 146 valence electrons. The Balaban J connectivity index is 1.59. The van der Waals surface area contributed by atoms with Crippen molar-refractivity contribution in [2.24, 2.45) is 5.92 Å². The van der Waals surface area contributed by atoms with E-state index >= 15 is 0 Å². The number of aromatic nitrogens is 2. The summed E-state index contributed by atoms with van der Waals surface area (Å²) in [4.78, 5) is 27.1. The topological polar surface area (TPSA) is 46.1 Å². The average Bonchev–Trinajstić information content (AvgIpc) is 3.05. The van der Waals surface area contributed by atoms with Crippen LogP contribution in [0.1, 0.15) is 68.6 Å². The third-order valence-electron chi connectivity index (χ3n) is 5.78. The van der Waals surface area contributed by atoms with Crippen LogP contribution in [0.5, 0.6) is 0 Å². The van der Waals surface area contributed by atoms with Crippen LogP contribution >= 0.6 is 23.1 Å². The van der Waals surface area contributed by atoms with Gasteiger partial charge in [0.15, 0.2) is 0 Å². The Kier molecular flexibility index (Phi) is 5.74. The van der Waals surface area contributed by atoms with Crippen molar-refractivity contribution in [2.45, 2.75) is 70.2 Å². The Morgan fingerprint density at radius 2 is 1.96 bits per heavy atom. The number of piperidine rings is 1. The van der Waals surface area contributed by atoms with Crippen molar-refractivity contribution >= 4 is 39.2 Å². The Hall–Kier alpha value is -1.14. The number of amides is 1. The highest BCUT2D eigenvalue weighted by molar-refractivity contribution is 8.00. The number of fused-ring (bicyclic) bond motifs is 3. The summed E-state index contributed by atoms with van der Waals surface area (Å²) in [6.45, 7) is 8.38. The molecule has 0 saturated carbocycles. The minimum absolute atomic E-state index is 0.258. The Morgan fingerprint density at radius 1 is 1.22 bits per heavy atom. The van der Waals surface area contributed by atoms with Crippen molar-refractivity contribution in [3.8, 4) is 0 Å². The van der Waals surface area contributed by atoms with E-state index in [-0.39, 0.29) is 5.91 Å². The van der Waals surface area contributed by atoms with E-state index in [0.29, 0.717) is 11.7 Å². The standard InChI is InChI=1S/C21H29N3OS2/c1-13(2)19-22-20(26-12-17(25)24-10-8-14(3)9-11-24)18-15-6-4-5-7-16(15)27-21(18)23-19/h13-14H,4-12H2,1-3H3. The van der Waals surface area contributed by atoms with E-state index in [0.717, 1.165) is 54.0 Å². The van der Waals surface area contributed by atoms with E-state index in [1.165, 1.54) is 35.1 Å². The highest BCUT2D eigenvalue weighted by Crippen LogP contribution is 2.40. The number of likely N-dealkylation sites (tertiary alicyclic amines) is 1. The molecule has 0 radical (unpaired) electrons. The molecule has 0 bridgehead atoms. The summed E-state index contributed by atoms with van der Waals surface area (Å²) in [5.74, 6) is 2.70. The first kappa shape index (κ1) is 19.2. The molecular formula is C21H29N3OS2. The number of nitrogens with zero attached hydrogens (tertiary/aromatic N) is 3. The zero-order chi connectivity index (χ0) is 19.0. The average molecular weight is 404 g/mol. The first-order chi connectivity index (χ1) is 13.0. The molecule has 2 aromatic heterocycles. The SMILES string of the molecule is CC1CCN(C(=O)CSc2nc(C(C)C)nc3sc4c(c23)CCCC4)CC1. The molecule has 1 amide bonds. The summed E-state index contributed by atoms with van der Waals surface area (Å²) >= 11 is 3.47. The molecular weight excluding hydrogens is 374 g/mol. The first-order valence-electron chi connectivity index (χ1n) is 10.3. The monoisotopic (exact) mass is 403 g/mol. The number of thiophene rings is 1. The summed E-state index contributed by atoms with van der Waals surface area (Å²) in [6, 6.07) is 0. The molecule has 0 atom stereocenters. The van der Waals surface area contributed by atoms with E-state index in [4.69, 9.17) is 9.97 Å². The quantitative estimate of drug-likeness (QED) is 0.530. The van der Waals surface area contributed by atoms with E-state index in [1.54, 1.807) is 11.8 Å². The van der Waals surface area contributed by atoms with Gasteiger partial charge in [-0.3, -0.25) is 4.79 Å². The van der Waals surface area contributed by atoms with Crippen molar-refractivity contribution in [3.63, 3.8) is 0 Å². The fourth-order valence-electron chi connectivity index (χ4n) is 3.98. The van der Waals surface area contributed by atoms with E-state index in [1.807, 2.05) is 16.2 Å². The van der Waals surface area contributed by atoms with Crippen LogP contribution in [0.15, 0.2) is 5.03 Å². The van der Waals surface area contributed by atoms with Crippen LogP contribution in [0.25, 0.3) is 10.2 Å². The summed E-state index contributed by atoms with van der Waals surface area (Å²) < 4.78 is 0. The summed E-state index contributed by atoms with van der Waals surface area (Å²) in [7, 11) is 0. The molecule has 1 saturated heterocycles. The molecule has 6 heteroatoms. The Morgan fingerprint density at radius 3 is 2.70 bits per heavy atom. The maximum Gasteiger partial charge on any atom is 0.232 e. The van der Waals surface area contributed by atoms with Gasteiger partial charge in [-0.25, -0.2) is 9.97 Å². The largest absolute Gasteiger partial charge is 0.342 e. The summed E-state index contributed by atoms with van der Waals surface area (Å²) in [6.07, 6.45) is 7.08. The number of hydrogen-bond acceptors (Lipinski definition) is 5. The van der Waals surface area contributed by atoms with Gasteiger partial charge in [0.05, 0.1) is 5.75 Å². The second-order valence-electron chi connectivity index (χ2n) is 8.28. The maximum absolute atomic E-state index is 12.7. The molecule has 0 unspecified atom stereocenters. The van der Waals surface area contributed by atoms with Gasteiger partial charge in [-0.05, 0) is 50.0 Å². The van der Waals surface area contributed by atoms with E-state index < -0.39 is 0 Å². The molecule has 1 aliphatic heterocycles. The maximum atomic E-state index is 12.7.